The number of hydrogen-bond donors (Lipinski definition) is 2. The SMILES string of the molecule is CC(N)CC(=O)Nc1cccc(-c2cnco2)c1. The molecule has 2 aromatic rings. The van der Waals surface area contributed by atoms with Crippen LogP contribution in [0, 0.1) is 0 Å². The van der Waals surface area contributed by atoms with Crippen LogP contribution in [0.1, 0.15) is 13.3 Å². The molecule has 0 saturated carbocycles. The maximum absolute atomic E-state index is 11.6. The summed E-state index contributed by atoms with van der Waals surface area (Å²) in [6.45, 7) is 1.80. The van der Waals surface area contributed by atoms with Crippen molar-refractivity contribution in [3.63, 3.8) is 0 Å². The van der Waals surface area contributed by atoms with Crippen LogP contribution in [0.5, 0.6) is 0 Å². The van der Waals surface area contributed by atoms with Crippen molar-refractivity contribution in [2.45, 2.75) is 19.4 Å². The van der Waals surface area contributed by atoms with Crippen LogP contribution < -0.4 is 11.1 Å². The molecule has 1 atom stereocenters. The molecular formula is C13H15N3O2. The lowest BCUT2D eigenvalue weighted by molar-refractivity contribution is -0.116. The summed E-state index contributed by atoms with van der Waals surface area (Å²) in [6.07, 6.45) is 3.30. The molecule has 5 heteroatoms. The van der Waals surface area contributed by atoms with Gasteiger partial charge in [-0.15, -0.1) is 0 Å². The fourth-order valence-corrected chi connectivity index (χ4v) is 1.61. The molecule has 5 nitrogen and oxygen atoms in total. The maximum atomic E-state index is 11.6. The quantitative estimate of drug-likeness (QED) is 0.863. The Bertz CT molecular complexity index is 521. The molecule has 0 aliphatic rings. The number of rotatable bonds is 4. The Morgan fingerprint density at radius 1 is 1.56 bits per heavy atom. The van der Waals surface area contributed by atoms with E-state index in [0.717, 1.165) is 11.3 Å². The second-order valence-electron chi connectivity index (χ2n) is 4.18. The smallest absolute Gasteiger partial charge is 0.225 e. The molecule has 3 N–H and O–H groups in total. The average molecular weight is 245 g/mol. The molecular weight excluding hydrogens is 230 g/mol. The van der Waals surface area contributed by atoms with Crippen LogP contribution in [0.15, 0.2) is 41.3 Å². The maximum Gasteiger partial charge on any atom is 0.225 e. The molecule has 1 unspecified atom stereocenters. The third kappa shape index (κ3) is 3.18. The van der Waals surface area contributed by atoms with Crippen molar-refractivity contribution in [1.29, 1.82) is 0 Å². The van der Waals surface area contributed by atoms with E-state index in [4.69, 9.17) is 10.2 Å². The summed E-state index contributed by atoms with van der Waals surface area (Å²) in [6, 6.07) is 7.24. The van der Waals surface area contributed by atoms with Crippen LogP contribution in [0.2, 0.25) is 0 Å². The van der Waals surface area contributed by atoms with Crippen molar-refractivity contribution in [2.75, 3.05) is 5.32 Å². The van der Waals surface area contributed by atoms with Gasteiger partial charge in [-0.25, -0.2) is 4.98 Å². The van der Waals surface area contributed by atoms with Gasteiger partial charge in [0, 0.05) is 23.7 Å². The Kier molecular flexibility index (Phi) is 3.74. The Hall–Kier alpha value is -2.14. The molecule has 1 aromatic heterocycles. The lowest BCUT2D eigenvalue weighted by Gasteiger charge is -2.08. The molecule has 0 aliphatic heterocycles. The first-order chi connectivity index (χ1) is 8.65. The highest BCUT2D eigenvalue weighted by molar-refractivity contribution is 5.91. The minimum absolute atomic E-state index is 0.0975. The molecule has 0 spiro atoms. The van der Waals surface area contributed by atoms with E-state index in [2.05, 4.69) is 10.3 Å². The van der Waals surface area contributed by atoms with Crippen molar-refractivity contribution in [3.8, 4) is 11.3 Å². The number of oxazole rings is 1. The van der Waals surface area contributed by atoms with Gasteiger partial charge in [0.15, 0.2) is 12.2 Å². The summed E-state index contributed by atoms with van der Waals surface area (Å²) in [5.41, 5.74) is 7.15. The van der Waals surface area contributed by atoms with Gasteiger partial charge in [0.1, 0.15) is 0 Å². The van der Waals surface area contributed by atoms with Crippen molar-refractivity contribution < 1.29 is 9.21 Å². The van der Waals surface area contributed by atoms with E-state index in [9.17, 15) is 4.79 Å². The molecule has 1 amide bonds. The highest BCUT2D eigenvalue weighted by Crippen LogP contribution is 2.22. The first kappa shape index (κ1) is 12.3. The van der Waals surface area contributed by atoms with E-state index in [1.54, 1.807) is 13.1 Å². The van der Waals surface area contributed by atoms with E-state index < -0.39 is 0 Å². The van der Waals surface area contributed by atoms with Crippen LogP contribution in [-0.2, 0) is 4.79 Å². The van der Waals surface area contributed by atoms with Crippen molar-refractivity contribution in [2.24, 2.45) is 5.73 Å². The average Bonchev–Trinajstić information content (AvgIpc) is 2.81. The number of amides is 1. The number of carbonyl (C=O) groups excluding carboxylic acids is 1. The molecule has 1 heterocycles. The second kappa shape index (κ2) is 5.46. The van der Waals surface area contributed by atoms with Crippen LogP contribution in [-0.4, -0.2) is 16.9 Å². The summed E-state index contributed by atoms with van der Waals surface area (Å²) >= 11 is 0. The van der Waals surface area contributed by atoms with Gasteiger partial charge in [-0.05, 0) is 19.1 Å². The van der Waals surface area contributed by atoms with Crippen LogP contribution >= 0.6 is 0 Å². The van der Waals surface area contributed by atoms with Gasteiger partial charge in [-0.2, -0.15) is 0 Å². The van der Waals surface area contributed by atoms with E-state index >= 15 is 0 Å². The van der Waals surface area contributed by atoms with Gasteiger partial charge in [-0.3, -0.25) is 4.79 Å². The fraction of sp³-hybridized carbons (Fsp3) is 0.231. The van der Waals surface area contributed by atoms with Gasteiger partial charge in [0.25, 0.3) is 0 Å². The fourth-order valence-electron chi connectivity index (χ4n) is 1.61. The summed E-state index contributed by atoms with van der Waals surface area (Å²) in [5.74, 6) is 0.568. The number of hydrogen-bond acceptors (Lipinski definition) is 4. The number of nitrogens with zero attached hydrogens (tertiary/aromatic N) is 1. The van der Waals surface area contributed by atoms with Gasteiger partial charge in [0.2, 0.25) is 5.91 Å². The van der Waals surface area contributed by atoms with Gasteiger partial charge < -0.3 is 15.5 Å². The predicted octanol–water partition coefficient (Wildman–Crippen LogP) is 2.02. The Balaban J connectivity index is 2.11. The van der Waals surface area contributed by atoms with Crippen molar-refractivity contribution in [3.05, 3.63) is 36.9 Å². The lowest BCUT2D eigenvalue weighted by Crippen LogP contribution is -2.23. The number of anilines is 1. The molecule has 18 heavy (non-hydrogen) atoms. The number of aromatic nitrogens is 1. The normalized spacial score (nSPS) is 12.1. The highest BCUT2D eigenvalue weighted by Gasteiger charge is 2.07. The topological polar surface area (TPSA) is 81.2 Å². The Labute approximate surface area is 105 Å². The molecule has 0 bridgehead atoms. The first-order valence-electron chi connectivity index (χ1n) is 5.69. The molecule has 0 fully saturated rings. The number of nitrogens with two attached hydrogens (primary N) is 1. The van der Waals surface area contributed by atoms with Gasteiger partial charge in [0.05, 0.1) is 6.20 Å². The summed E-state index contributed by atoms with van der Waals surface area (Å²) in [5, 5.41) is 2.79. The zero-order valence-corrected chi connectivity index (χ0v) is 10.1. The molecule has 0 radical (unpaired) electrons. The third-order valence-electron chi connectivity index (χ3n) is 2.37. The summed E-state index contributed by atoms with van der Waals surface area (Å²) in [7, 11) is 0. The first-order valence-corrected chi connectivity index (χ1v) is 5.69. The number of carbonyl (C=O) groups is 1. The zero-order valence-electron chi connectivity index (χ0n) is 10.1. The van der Waals surface area contributed by atoms with Crippen LogP contribution in [0.3, 0.4) is 0 Å². The molecule has 0 saturated heterocycles. The van der Waals surface area contributed by atoms with E-state index in [0.29, 0.717) is 12.2 Å². The molecule has 0 aliphatic carbocycles. The standard InChI is InChI=1S/C13H15N3O2/c1-9(14)5-13(17)16-11-4-2-3-10(6-11)12-7-15-8-18-12/h2-4,6-9H,5,14H2,1H3,(H,16,17). The predicted molar refractivity (Wildman–Crippen MR) is 68.8 cm³/mol. The summed E-state index contributed by atoms with van der Waals surface area (Å²) in [4.78, 5) is 15.5. The van der Waals surface area contributed by atoms with E-state index in [-0.39, 0.29) is 11.9 Å². The molecule has 2 rings (SSSR count). The zero-order chi connectivity index (χ0) is 13.0. The van der Waals surface area contributed by atoms with Gasteiger partial charge >= 0.3 is 0 Å². The molecule has 1 aromatic carbocycles. The highest BCUT2D eigenvalue weighted by atomic mass is 16.3. The van der Waals surface area contributed by atoms with Gasteiger partial charge in [-0.1, -0.05) is 12.1 Å². The number of nitrogens with one attached hydrogen (secondary N) is 1. The van der Waals surface area contributed by atoms with Crippen molar-refractivity contribution in [1.82, 2.24) is 4.98 Å². The largest absolute Gasteiger partial charge is 0.444 e. The van der Waals surface area contributed by atoms with E-state index in [1.165, 1.54) is 6.39 Å². The van der Waals surface area contributed by atoms with E-state index in [1.807, 2.05) is 24.3 Å². The molecule has 94 valence electrons. The second-order valence-corrected chi connectivity index (χ2v) is 4.18. The monoisotopic (exact) mass is 245 g/mol. The Morgan fingerprint density at radius 2 is 2.39 bits per heavy atom. The van der Waals surface area contributed by atoms with Crippen LogP contribution in [0.25, 0.3) is 11.3 Å². The van der Waals surface area contributed by atoms with Crippen molar-refractivity contribution >= 4 is 11.6 Å². The van der Waals surface area contributed by atoms with Crippen LogP contribution in [0.4, 0.5) is 5.69 Å². The minimum Gasteiger partial charge on any atom is -0.444 e. The summed E-state index contributed by atoms with van der Waals surface area (Å²) < 4.78 is 5.20. The Morgan fingerprint density at radius 3 is 3.06 bits per heavy atom. The number of benzene rings is 1. The minimum atomic E-state index is -0.151. The lowest BCUT2D eigenvalue weighted by atomic mass is 10.1. The third-order valence-corrected chi connectivity index (χ3v) is 2.37.